The Kier molecular flexibility index (Phi) is 19.4. The van der Waals surface area contributed by atoms with E-state index in [1.165, 1.54) is 12.1 Å². The fourth-order valence-electron chi connectivity index (χ4n) is 7.53. The molecule has 5 rings (SSSR count). The number of para-hydroxylation sites is 1. The van der Waals surface area contributed by atoms with Gasteiger partial charge in [-0.2, -0.15) is 0 Å². The average molecular weight is 946 g/mol. The first-order valence-corrected chi connectivity index (χ1v) is 22.6. The van der Waals surface area contributed by atoms with Gasteiger partial charge in [-0.3, -0.25) is 38.4 Å². The predicted octanol–water partition coefficient (Wildman–Crippen LogP) is 1.16. The van der Waals surface area contributed by atoms with Gasteiger partial charge < -0.3 is 58.6 Å². The van der Waals surface area contributed by atoms with E-state index in [1.807, 2.05) is 25.1 Å². The number of phenols is 1. The maximum Gasteiger partial charge on any atom is 0.305 e. The number of hydrogen-bond acceptors (Lipinski definition) is 10. The highest BCUT2D eigenvalue weighted by atomic mass is 16.4. The molecule has 5 aromatic rings. The fourth-order valence-corrected chi connectivity index (χ4v) is 7.53. The Morgan fingerprint density at radius 3 is 1.72 bits per heavy atom. The minimum atomic E-state index is -1.68. The van der Waals surface area contributed by atoms with Gasteiger partial charge in [0.25, 0.3) is 0 Å². The highest BCUT2D eigenvalue weighted by molar-refractivity contribution is 5.98. The molecule has 1 aromatic heterocycles. The number of aromatic hydroxyl groups is 1. The Morgan fingerprint density at radius 1 is 0.580 bits per heavy atom. The summed E-state index contributed by atoms with van der Waals surface area (Å²) < 4.78 is 0. The summed E-state index contributed by atoms with van der Waals surface area (Å²) in [5.74, 6) is -7.08. The zero-order valence-electron chi connectivity index (χ0n) is 38.1. The number of phenolic OH excluding ortho intramolecular Hbond substituents is 1. The van der Waals surface area contributed by atoms with Crippen molar-refractivity contribution in [2.24, 2.45) is 11.5 Å². The standard InChI is InChI=1S/C50H59N9O10/c1-2-3-17-38(48(67)59-42(27-44(62)63)50(69)57-39(45(52)64)24-30-12-6-4-7-13-30)56-49(68)41(26-33-28-53-37-18-11-10-16-35(33)37)55-43(61)29-54-47(66)40(25-31-14-8-5-9-15-31)58-46(65)36(51)23-32-19-21-34(60)22-20-32/h4-16,18-22,28,36,38-42,53,60H,2-3,17,23-27,29,51H2,1H3,(H2,52,64)(H,54,66)(H,55,61)(H,56,68)(H,57,69)(H,58,65)(H,59,67)(H,62,63). The summed E-state index contributed by atoms with van der Waals surface area (Å²) in [6.45, 7) is 1.23. The minimum Gasteiger partial charge on any atom is -0.508 e. The van der Waals surface area contributed by atoms with Gasteiger partial charge >= 0.3 is 5.97 Å². The highest BCUT2D eigenvalue weighted by Gasteiger charge is 2.33. The number of carbonyl (C=O) groups is 8. The summed E-state index contributed by atoms with van der Waals surface area (Å²) in [6, 6.07) is 23.2. The van der Waals surface area contributed by atoms with Gasteiger partial charge in [0.1, 0.15) is 36.0 Å². The van der Waals surface area contributed by atoms with Crippen LogP contribution in [-0.4, -0.2) is 105 Å². The number of H-pyrrole nitrogens is 1. The van der Waals surface area contributed by atoms with Crippen molar-refractivity contribution < 1.29 is 48.6 Å². The number of primary amides is 1. The summed E-state index contributed by atoms with van der Waals surface area (Å²) in [5.41, 5.74) is 15.2. The van der Waals surface area contributed by atoms with Crippen LogP contribution in [0, 0.1) is 0 Å². The summed E-state index contributed by atoms with van der Waals surface area (Å²) in [7, 11) is 0. The monoisotopic (exact) mass is 945 g/mol. The van der Waals surface area contributed by atoms with Crippen LogP contribution in [0.15, 0.2) is 115 Å². The SMILES string of the molecule is CCCCC(NC(=O)C(Cc1c[nH]c2ccccc12)NC(=O)CNC(=O)C(Cc1ccccc1)NC(=O)C(N)Cc1ccc(O)cc1)C(=O)NC(CC(=O)O)C(=O)NC(Cc1ccccc1)C(N)=O. The van der Waals surface area contributed by atoms with E-state index in [9.17, 15) is 48.6 Å². The van der Waals surface area contributed by atoms with Gasteiger partial charge in [-0.05, 0) is 53.3 Å². The third-order valence-corrected chi connectivity index (χ3v) is 11.3. The van der Waals surface area contributed by atoms with E-state index in [4.69, 9.17) is 11.5 Å². The molecule has 0 radical (unpaired) electrons. The Bertz CT molecular complexity index is 2550. The molecule has 0 aliphatic heterocycles. The van der Waals surface area contributed by atoms with Crippen LogP contribution >= 0.6 is 0 Å². The number of aromatic amines is 1. The Morgan fingerprint density at radius 2 is 1.10 bits per heavy atom. The van der Waals surface area contributed by atoms with Crippen molar-refractivity contribution in [3.63, 3.8) is 0 Å². The predicted molar refractivity (Wildman–Crippen MR) is 256 cm³/mol. The normalized spacial score (nSPS) is 13.6. The first-order chi connectivity index (χ1) is 33.1. The molecule has 0 saturated carbocycles. The van der Waals surface area contributed by atoms with Crippen molar-refractivity contribution in [1.29, 1.82) is 0 Å². The second-order valence-corrected chi connectivity index (χ2v) is 16.6. The molecule has 19 heteroatoms. The van der Waals surface area contributed by atoms with Crippen molar-refractivity contribution >= 4 is 58.2 Å². The van der Waals surface area contributed by atoms with Crippen LogP contribution in [0.2, 0.25) is 0 Å². The third kappa shape index (κ3) is 16.3. The first-order valence-electron chi connectivity index (χ1n) is 22.6. The molecule has 0 fully saturated rings. The van der Waals surface area contributed by atoms with Crippen molar-refractivity contribution in [2.75, 3.05) is 6.54 Å². The molecular weight excluding hydrogens is 887 g/mol. The number of nitrogens with one attached hydrogen (secondary N) is 7. The van der Waals surface area contributed by atoms with Crippen molar-refractivity contribution in [3.8, 4) is 5.75 Å². The molecule has 19 nitrogen and oxygen atoms in total. The van der Waals surface area contributed by atoms with Crippen molar-refractivity contribution in [2.45, 2.75) is 94.5 Å². The highest BCUT2D eigenvalue weighted by Crippen LogP contribution is 2.20. The number of carboxylic acid groups (broad SMARTS) is 1. The Hall–Kier alpha value is -8.06. The molecule has 0 bridgehead atoms. The molecule has 0 saturated heterocycles. The number of carboxylic acids is 1. The van der Waals surface area contributed by atoms with E-state index < -0.39 is 96.5 Å². The number of aromatic nitrogens is 1. The van der Waals surface area contributed by atoms with Crippen LogP contribution in [0.1, 0.15) is 54.9 Å². The number of amides is 7. The quantitative estimate of drug-likeness (QED) is 0.0374. The molecule has 6 atom stereocenters. The molecule has 69 heavy (non-hydrogen) atoms. The lowest BCUT2D eigenvalue weighted by Gasteiger charge is -2.26. The second-order valence-electron chi connectivity index (χ2n) is 16.6. The Balaban J connectivity index is 1.31. The lowest BCUT2D eigenvalue weighted by molar-refractivity contribution is -0.141. The molecule has 0 spiro atoms. The zero-order chi connectivity index (χ0) is 49.9. The van der Waals surface area contributed by atoms with E-state index in [0.717, 1.165) is 10.9 Å². The third-order valence-electron chi connectivity index (χ3n) is 11.3. The number of rotatable bonds is 26. The van der Waals surface area contributed by atoms with Gasteiger partial charge in [-0.1, -0.05) is 111 Å². The van der Waals surface area contributed by atoms with E-state index in [2.05, 4.69) is 36.9 Å². The average Bonchev–Trinajstić information content (AvgIpc) is 3.74. The summed E-state index contributed by atoms with van der Waals surface area (Å²) in [4.78, 5) is 110. The zero-order valence-corrected chi connectivity index (χ0v) is 38.1. The number of nitrogens with two attached hydrogens (primary N) is 2. The van der Waals surface area contributed by atoms with Crippen LogP contribution in [-0.2, 0) is 64.0 Å². The van der Waals surface area contributed by atoms with Gasteiger partial charge in [-0.25, -0.2) is 0 Å². The largest absolute Gasteiger partial charge is 0.508 e. The van der Waals surface area contributed by atoms with Crippen molar-refractivity contribution in [3.05, 3.63) is 138 Å². The van der Waals surface area contributed by atoms with E-state index >= 15 is 0 Å². The fraction of sp³-hybridized carbons (Fsp3) is 0.320. The van der Waals surface area contributed by atoms with Gasteiger partial charge in [-0.15, -0.1) is 0 Å². The van der Waals surface area contributed by atoms with E-state index in [1.54, 1.807) is 85.1 Å². The number of aliphatic carboxylic acids is 1. The topological polar surface area (TPSA) is 317 Å². The molecule has 13 N–H and O–H groups in total. The smallest absolute Gasteiger partial charge is 0.305 e. The molecule has 6 unspecified atom stereocenters. The Labute approximate surface area is 398 Å². The lowest BCUT2D eigenvalue weighted by atomic mass is 10.0. The van der Waals surface area contributed by atoms with Crippen LogP contribution in [0.25, 0.3) is 10.9 Å². The van der Waals surface area contributed by atoms with Crippen molar-refractivity contribution in [1.82, 2.24) is 36.9 Å². The van der Waals surface area contributed by atoms with Gasteiger partial charge in [0, 0.05) is 36.4 Å². The van der Waals surface area contributed by atoms with Gasteiger partial charge in [0.15, 0.2) is 0 Å². The molecular formula is C50H59N9O10. The summed E-state index contributed by atoms with van der Waals surface area (Å²) in [5, 5.41) is 35.6. The van der Waals surface area contributed by atoms with Crippen LogP contribution in [0.4, 0.5) is 0 Å². The van der Waals surface area contributed by atoms with E-state index in [-0.39, 0.29) is 37.9 Å². The number of hydrogen-bond donors (Lipinski definition) is 11. The maximum atomic E-state index is 14.3. The number of carbonyl (C=O) groups excluding carboxylic acids is 7. The number of unbranched alkanes of at least 4 members (excludes halogenated alkanes) is 1. The molecule has 0 aliphatic carbocycles. The molecule has 1 heterocycles. The first kappa shape index (κ1) is 51.9. The maximum absolute atomic E-state index is 14.3. The lowest BCUT2D eigenvalue weighted by Crippen LogP contribution is -2.59. The molecule has 0 aliphatic rings. The van der Waals surface area contributed by atoms with Crippen LogP contribution in [0.3, 0.4) is 0 Å². The number of benzene rings is 4. The number of fused-ring (bicyclic) bond motifs is 1. The molecule has 4 aromatic carbocycles. The summed E-state index contributed by atoms with van der Waals surface area (Å²) in [6.07, 6.45) is 1.96. The minimum absolute atomic E-state index is 0.000604. The van der Waals surface area contributed by atoms with Gasteiger partial charge in [0.2, 0.25) is 41.4 Å². The summed E-state index contributed by atoms with van der Waals surface area (Å²) >= 11 is 0. The van der Waals surface area contributed by atoms with Gasteiger partial charge in [0.05, 0.1) is 19.0 Å². The van der Waals surface area contributed by atoms with E-state index in [0.29, 0.717) is 35.1 Å². The molecule has 364 valence electrons. The van der Waals surface area contributed by atoms with Crippen LogP contribution in [0.5, 0.6) is 5.75 Å². The molecule has 7 amide bonds. The van der Waals surface area contributed by atoms with Crippen LogP contribution < -0.4 is 43.4 Å². The second kappa shape index (κ2) is 25.7.